The zero-order valence-electron chi connectivity index (χ0n) is 20.5. The molecule has 0 radical (unpaired) electrons. The van der Waals surface area contributed by atoms with Gasteiger partial charge in [0.15, 0.2) is 7.05 Å². The van der Waals surface area contributed by atoms with Crippen LogP contribution in [0.25, 0.3) is 5.57 Å². The number of benzene rings is 3. The first kappa shape index (κ1) is 23.8. The van der Waals surface area contributed by atoms with Gasteiger partial charge in [0, 0.05) is 18.7 Å². The van der Waals surface area contributed by atoms with Gasteiger partial charge in [0.25, 0.3) is 11.6 Å². The summed E-state index contributed by atoms with van der Waals surface area (Å²) in [6.45, 7) is 2.66. The number of carbonyl (C=O) groups is 1. The van der Waals surface area contributed by atoms with Crippen LogP contribution < -0.4 is 4.74 Å². The summed E-state index contributed by atoms with van der Waals surface area (Å²) < 4.78 is 12.6. The van der Waals surface area contributed by atoms with Crippen molar-refractivity contribution in [2.75, 3.05) is 40.0 Å². The van der Waals surface area contributed by atoms with Crippen LogP contribution in [0.3, 0.4) is 0 Å². The summed E-state index contributed by atoms with van der Waals surface area (Å²) in [5.41, 5.74) is 5.74. The van der Waals surface area contributed by atoms with E-state index in [0.717, 1.165) is 39.8 Å². The third kappa shape index (κ3) is 4.90. The monoisotopic (exact) mass is 483 g/mol. The lowest BCUT2D eigenvalue weighted by Gasteiger charge is -2.27. The van der Waals surface area contributed by atoms with Crippen molar-refractivity contribution in [2.24, 2.45) is 0 Å². The lowest BCUT2D eigenvalue weighted by Crippen LogP contribution is -2.43. The average molecular weight is 484 g/mol. The summed E-state index contributed by atoms with van der Waals surface area (Å²) in [6.07, 6.45) is 1.84. The fourth-order valence-corrected chi connectivity index (χ4v) is 4.90. The molecule has 0 unspecified atom stereocenters. The maximum absolute atomic E-state index is 13.8. The maximum Gasteiger partial charge on any atom is 0.271 e. The van der Waals surface area contributed by atoms with Crippen LogP contribution in [0.1, 0.15) is 28.7 Å². The first-order chi connectivity index (χ1) is 17.6. The Hall–Kier alpha value is -3.90. The van der Waals surface area contributed by atoms with Crippen molar-refractivity contribution in [1.29, 1.82) is 0 Å². The number of fused-ring (bicyclic) bond motifs is 1. The van der Waals surface area contributed by atoms with E-state index in [4.69, 9.17) is 9.47 Å². The van der Waals surface area contributed by atoms with E-state index in [2.05, 4.69) is 12.1 Å². The van der Waals surface area contributed by atoms with E-state index in [1.165, 1.54) is 5.56 Å². The van der Waals surface area contributed by atoms with Gasteiger partial charge in [-0.15, -0.1) is 0 Å². The number of carbonyl (C=O) groups excluding carboxylic acids is 1. The summed E-state index contributed by atoms with van der Waals surface area (Å²) in [7, 11) is 1.56. The number of nitrogens with zero attached hydrogens (tertiary/aromatic N) is 2. The molecule has 1 heterocycles. The van der Waals surface area contributed by atoms with Crippen LogP contribution in [0.5, 0.6) is 5.75 Å². The second-order valence-corrected chi connectivity index (χ2v) is 9.04. The number of amides is 1. The molecule has 1 saturated heterocycles. The molecule has 0 saturated carbocycles. The highest BCUT2D eigenvalue weighted by Gasteiger charge is 2.41. The first-order valence-electron chi connectivity index (χ1n) is 12.4. The molecule has 0 aromatic heterocycles. The van der Waals surface area contributed by atoms with Crippen molar-refractivity contribution in [3.8, 4) is 5.75 Å². The standard InChI is InChI=1S/C30H31N2O4/c1-31(34)29-26-21-24(36-18-8-11-22-9-4-2-5-10-22)14-15-25(26)27(23-12-6-3-7-13-23)28(29)30(33)32-16-19-35-20-17-32/h2-7,9-10,12-15,21,34H,8,11,16-20H2,1H3/q+1. The normalized spacial score (nSPS) is 16.6. The quantitative estimate of drug-likeness (QED) is 0.237. The Bertz CT molecular complexity index is 1290. The average Bonchev–Trinajstić information content (AvgIpc) is 3.27. The predicted molar refractivity (Wildman–Crippen MR) is 139 cm³/mol. The van der Waals surface area contributed by atoms with Crippen LogP contribution in [0, 0.1) is 0 Å². The van der Waals surface area contributed by atoms with Crippen molar-refractivity contribution >= 4 is 17.2 Å². The molecule has 3 aromatic carbocycles. The van der Waals surface area contributed by atoms with Gasteiger partial charge in [-0.3, -0.25) is 10.0 Å². The van der Waals surface area contributed by atoms with E-state index in [0.29, 0.717) is 49.9 Å². The zero-order valence-corrected chi connectivity index (χ0v) is 20.5. The van der Waals surface area contributed by atoms with E-state index in [-0.39, 0.29) is 5.91 Å². The van der Waals surface area contributed by atoms with Gasteiger partial charge in [0.2, 0.25) is 0 Å². The molecule has 2 aliphatic rings. The number of morpholine rings is 1. The van der Waals surface area contributed by atoms with Crippen molar-refractivity contribution in [3.63, 3.8) is 0 Å². The molecule has 5 rings (SSSR count). The largest absolute Gasteiger partial charge is 0.494 e. The fraction of sp³-hybridized carbons (Fsp3) is 0.267. The Kier molecular flexibility index (Phi) is 7.14. The van der Waals surface area contributed by atoms with Crippen LogP contribution in [0.2, 0.25) is 0 Å². The number of ether oxygens (including phenoxy) is 2. The molecule has 36 heavy (non-hydrogen) atoms. The van der Waals surface area contributed by atoms with Gasteiger partial charge < -0.3 is 14.4 Å². The highest BCUT2D eigenvalue weighted by Crippen LogP contribution is 2.40. The van der Waals surface area contributed by atoms with Gasteiger partial charge in [-0.2, -0.15) is 0 Å². The van der Waals surface area contributed by atoms with Crippen LogP contribution in [-0.4, -0.2) is 66.4 Å². The molecule has 0 bridgehead atoms. The van der Waals surface area contributed by atoms with E-state index in [9.17, 15) is 10.0 Å². The highest BCUT2D eigenvalue weighted by molar-refractivity contribution is 6.36. The Morgan fingerprint density at radius 2 is 1.67 bits per heavy atom. The number of rotatable bonds is 7. The molecule has 1 aliphatic carbocycles. The molecule has 1 amide bonds. The van der Waals surface area contributed by atoms with Crippen LogP contribution >= 0.6 is 0 Å². The van der Waals surface area contributed by atoms with Crippen LogP contribution in [0.4, 0.5) is 0 Å². The van der Waals surface area contributed by atoms with Gasteiger partial charge in [-0.05, 0) is 52.5 Å². The Morgan fingerprint density at radius 1 is 0.972 bits per heavy atom. The summed E-state index contributed by atoms with van der Waals surface area (Å²) in [5, 5.41) is 10.7. The molecule has 1 fully saturated rings. The Balaban J connectivity index is 1.46. The summed E-state index contributed by atoms with van der Waals surface area (Å²) in [6, 6.07) is 26.1. The smallest absolute Gasteiger partial charge is 0.271 e. The number of hydrogen-bond donors (Lipinski definition) is 1. The van der Waals surface area contributed by atoms with Gasteiger partial charge in [-0.25, -0.2) is 0 Å². The molecule has 6 nitrogen and oxygen atoms in total. The maximum atomic E-state index is 13.8. The number of hydrogen-bond acceptors (Lipinski definition) is 4. The molecule has 1 aliphatic heterocycles. The van der Waals surface area contributed by atoms with E-state index in [1.807, 2.05) is 66.7 Å². The molecule has 1 N–H and O–H groups in total. The van der Waals surface area contributed by atoms with Crippen molar-refractivity contribution in [1.82, 2.24) is 4.90 Å². The third-order valence-electron chi connectivity index (χ3n) is 6.62. The lowest BCUT2D eigenvalue weighted by molar-refractivity contribution is -0.753. The Labute approximate surface area is 211 Å². The predicted octanol–water partition coefficient (Wildman–Crippen LogP) is 4.19. The van der Waals surface area contributed by atoms with Crippen molar-refractivity contribution < 1.29 is 24.2 Å². The highest BCUT2D eigenvalue weighted by atomic mass is 16.5. The van der Waals surface area contributed by atoms with E-state index < -0.39 is 0 Å². The lowest BCUT2D eigenvalue weighted by atomic mass is 9.97. The minimum Gasteiger partial charge on any atom is -0.494 e. The molecule has 0 atom stereocenters. The minimum atomic E-state index is -0.102. The summed E-state index contributed by atoms with van der Waals surface area (Å²) in [5.74, 6) is 0.614. The number of hydroxylamine groups is 1. The van der Waals surface area contributed by atoms with Gasteiger partial charge in [0.1, 0.15) is 11.3 Å². The first-order valence-corrected chi connectivity index (χ1v) is 12.4. The fourth-order valence-electron chi connectivity index (χ4n) is 4.90. The number of aryl methyl sites for hydroxylation is 1. The van der Waals surface area contributed by atoms with E-state index in [1.54, 1.807) is 11.9 Å². The molecule has 6 heteroatoms. The van der Waals surface area contributed by atoms with E-state index >= 15 is 0 Å². The topological polar surface area (TPSA) is 62.0 Å². The van der Waals surface area contributed by atoms with Gasteiger partial charge in [-0.1, -0.05) is 60.7 Å². The summed E-state index contributed by atoms with van der Waals surface area (Å²) in [4.78, 5) is 15.6. The summed E-state index contributed by atoms with van der Waals surface area (Å²) >= 11 is 0. The van der Waals surface area contributed by atoms with Crippen LogP contribution in [-0.2, 0) is 16.0 Å². The van der Waals surface area contributed by atoms with Gasteiger partial charge >= 0.3 is 0 Å². The zero-order chi connectivity index (χ0) is 24.9. The van der Waals surface area contributed by atoms with Crippen molar-refractivity contribution in [3.05, 3.63) is 107 Å². The molecular formula is C30H31N2O4+. The third-order valence-corrected chi connectivity index (χ3v) is 6.62. The second kappa shape index (κ2) is 10.8. The molecule has 0 spiro atoms. The van der Waals surface area contributed by atoms with Gasteiger partial charge in [0.05, 0.1) is 25.4 Å². The molecule has 184 valence electrons. The second-order valence-electron chi connectivity index (χ2n) is 9.04. The molecular weight excluding hydrogens is 452 g/mol. The molecule has 3 aromatic rings. The minimum absolute atomic E-state index is 0.102. The van der Waals surface area contributed by atoms with Crippen LogP contribution in [0.15, 0.2) is 84.4 Å². The van der Waals surface area contributed by atoms with Crippen molar-refractivity contribution in [2.45, 2.75) is 12.8 Å². The Morgan fingerprint density at radius 3 is 2.36 bits per heavy atom. The SMILES string of the molecule is C[N+](O)=C1C(C(=O)N2CCOCC2)=C(c2ccccc2)c2ccc(OCCCc3ccccc3)cc21.